The van der Waals surface area contributed by atoms with Gasteiger partial charge in [0.1, 0.15) is 5.75 Å². The van der Waals surface area contributed by atoms with Crippen LogP contribution in [-0.2, 0) is 13.0 Å². The highest BCUT2D eigenvalue weighted by Crippen LogP contribution is 2.13. The first kappa shape index (κ1) is 13.5. The number of aromatic nitrogens is 2. The van der Waals surface area contributed by atoms with Crippen molar-refractivity contribution in [1.29, 1.82) is 0 Å². The number of ether oxygens (including phenoxy) is 1. The average Bonchev–Trinajstić information content (AvgIpc) is 2.95. The molecule has 5 nitrogen and oxygen atoms in total. The summed E-state index contributed by atoms with van der Waals surface area (Å²) < 4.78 is 10.9. The molecule has 1 unspecified atom stereocenters. The topological polar surface area (TPSA) is 60.2 Å². The largest absolute Gasteiger partial charge is 0.485 e. The number of nitrogens with one attached hydrogen (secondary N) is 1. The van der Waals surface area contributed by atoms with Gasteiger partial charge in [0.2, 0.25) is 11.7 Å². The van der Waals surface area contributed by atoms with Gasteiger partial charge in [0.25, 0.3) is 0 Å². The molecule has 0 spiro atoms. The monoisotopic (exact) mass is 291 g/mol. The molecule has 0 amide bonds. The summed E-state index contributed by atoms with van der Waals surface area (Å²) >= 11 is 1.96. The van der Waals surface area contributed by atoms with E-state index in [4.69, 9.17) is 9.26 Å². The number of nitrogens with zero attached hydrogens (tertiary/aromatic N) is 2. The predicted octanol–water partition coefficient (Wildman–Crippen LogP) is 1.90. The van der Waals surface area contributed by atoms with E-state index in [-0.39, 0.29) is 0 Å². The Morgan fingerprint density at radius 1 is 1.35 bits per heavy atom. The number of para-hydroxylation sites is 1. The van der Waals surface area contributed by atoms with Crippen molar-refractivity contribution in [3.8, 4) is 5.75 Å². The van der Waals surface area contributed by atoms with Gasteiger partial charge in [0, 0.05) is 30.5 Å². The molecule has 1 aromatic carbocycles. The number of rotatable bonds is 5. The van der Waals surface area contributed by atoms with Crippen LogP contribution in [0.15, 0.2) is 34.9 Å². The minimum absolute atomic E-state index is 0.334. The van der Waals surface area contributed by atoms with Gasteiger partial charge in [-0.05, 0) is 12.1 Å². The first-order valence-corrected chi connectivity index (χ1v) is 7.86. The third-order valence-corrected chi connectivity index (χ3v) is 4.17. The van der Waals surface area contributed by atoms with Gasteiger partial charge in [0.15, 0.2) is 6.61 Å². The summed E-state index contributed by atoms with van der Waals surface area (Å²) in [6.07, 6.45) is 0.783. The molecule has 2 heterocycles. The van der Waals surface area contributed by atoms with E-state index in [9.17, 15) is 0 Å². The predicted molar refractivity (Wildman–Crippen MR) is 77.9 cm³/mol. The van der Waals surface area contributed by atoms with Crippen LogP contribution < -0.4 is 10.1 Å². The summed E-state index contributed by atoms with van der Waals surface area (Å²) in [5.41, 5.74) is 0. The van der Waals surface area contributed by atoms with Crippen LogP contribution in [0, 0.1) is 0 Å². The Kier molecular flexibility index (Phi) is 4.55. The van der Waals surface area contributed by atoms with E-state index in [0.717, 1.165) is 24.5 Å². The third-order valence-electron chi connectivity index (χ3n) is 3.04. The molecule has 6 heteroatoms. The van der Waals surface area contributed by atoms with Gasteiger partial charge in [0.05, 0.1) is 0 Å². The number of hydrogen-bond acceptors (Lipinski definition) is 6. The van der Waals surface area contributed by atoms with E-state index in [0.29, 0.717) is 24.4 Å². The molecule has 1 aliphatic heterocycles. The second-order valence-corrected chi connectivity index (χ2v) is 5.79. The molecular formula is C14H17N3O2S. The first-order valence-electron chi connectivity index (χ1n) is 6.70. The molecule has 0 radical (unpaired) electrons. The Bertz CT molecular complexity index is 526. The van der Waals surface area contributed by atoms with E-state index in [1.165, 1.54) is 5.75 Å². The Hall–Kier alpha value is -1.53. The van der Waals surface area contributed by atoms with Crippen LogP contribution in [0.4, 0.5) is 0 Å². The summed E-state index contributed by atoms with van der Waals surface area (Å²) in [5.74, 6) is 4.35. The van der Waals surface area contributed by atoms with Crippen LogP contribution in [0.5, 0.6) is 5.75 Å². The fourth-order valence-electron chi connectivity index (χ4n) is 2.06. The van der Waals surface area contributed by atoms with Crippen molar-refractivity contribution in [2.24, 2.45) is 0 Å². The van der Waals surface area contributed by atoms with Crippen molar-refractivity contribution in [1.82, 2.24) is 15.5 Å². The van der Waals surface area contributed by atoms with Gasteiger partial charge < -0.3 is 14.6 Å². The van der Waals surface area contributed by atoms with E-state index < -0.39 is 0 Å². The fraction of sp³-hybridized carbons (Fsp3) is 0.429. The molecule has 1 aromatic heterocycles. The molecule has 3 rings (SSSR count). The van der Waals surface area contributed by atoms with Crippen LogP contribution in [-0.4, -0.2) is 34.2 Å². The molecule has 0 saturated carbocycles. The SMILES string of the molecule is c1ccc(OCc2noc(CC3CSCCN3)n2)cc1. The smallest absolute Gasteiger partial charge is 0.228 e. The quantitative estimate of drug-likeness (QED) is 0.908. The minimum Gasteiger partial charge on any atom is -0.485 e. The van der Waals surface area contributed by atoms with Crippen molar-refractivity contribution in [2.45, 2.75) is 19.1 Å². The lowest BCUT2D eigenvalue weighted by molar-refractivity contribution is 0.284. The summed E-state index contributed by atoms with van der Waals surface area (Å²) in [4.78, 5) is 4.37. The maximum absolute atomic E-state index is 5.59. The molecule has 20 heavy (non-hydrogen) atoms. The van der Waals surface area contributed by atoms with E-state index in [2.05, 4.69) is 15.5 Å². The summed E-state index contributed by atoms with van der Waals surface area (Å²) in [7, 11) is 0. The van der Waals surface area contributed by atoms with Crippen molar-refractivity contribution in [3.05, 3.63) is 42.0 Å². The standard InChI is InChI=1S/C14H17N3O2S/c1-2-4-12(5-3-1)18-9-13-16-14(19-17-13)8-11-10-20-7-6-15-11/h1-5,11,15H,6-10H2. The van der Waals surface area contributed by atoms with Crippen LogP contribution in [0.3, 0.4) is 0 Å². The number of hydrogen-bond donors (Lipinski definition) is 1. The van der Waals surface area contributed by atoms with Crippen LogP contribution >= 0.6 is 11.8 Å². The van der Waals surface area contributed by atoms with Crippen molar-refractivity contribution in [2.75, 3.05) is 18.1 Å². The van der Waals surface area contributed by atoms with E-state index in [1.807, 2.05) is 42.1 Å². The highest BCUT2D eigenvalue weighted by molar-refractivity contribution is 7.99. The highest BCUT2D eigenvalue weighted by atomic mass is 32.2. The normalized spacial score (nSPS) is 18.9. The molecular weight excluding hydrogens is 274 g/mol. The van der Waals surface area contributed by atoms with Crippen molar-refractivity contribution in [3.63, 3.8) is 0 Å². The Morgan fingerprint density at radius 3 is 3.05 bits per heavy atom. The molecule has 106 valence electrons. The van der Waals surface area contributed by atoms with Crippen LogP contribution in [0.2, 0.25) is 0 Å². The lowest BCUT2D eigenvalue weighted by Crippen LogP contribution is -2.38. The fourth-order valence-corrected chi connectivity index (χ4v) is 3.01. The van der Waals surface area contributed by atoms with Gasteiger partial charge in [-0.2, -0.15) is 16.7 Å². The maximum Gasteiger partial charge on any atom is 0.228 e. The second-order valence-electron chi connectivity index (χ2n) is 4.64. The average molecular weight is 291 g/mol. The van der Waals surface area contributed by atoms with E-state index in [1.54, 1.807) is 0 Å². The van der Waals surface area contributed by atoms with Gasteiger partial charge in [-0.15, -0.1) is 0 Å². The molecule has 0 bridgehead atoms. The zero-order chi connectivity index (χ0) is 13.6. The summed E-state index contributed by atoms with van der Waals surface area (Å²) in [5, 5.41) is 7.41. The number of benzene rings is 1. The Balaban J connectivity index is 1.51. The molecule has 1 N–H and O–H groups in total. The lowest BCUT2D eigenvalue weighted by atomic mass is 10.2. The Labute approximate surface area is 122 Å². The van der Waals surface area contributed by atoms with Crippen molar-refractivity contribution >= 4 is 11.8 Å². The van der Waals surface area contributed by atoms with E-state index >= 15 is 0 Å². The molecule has 0 aliphatic carbocycles. The number of thioether (sulfide) groups is 1. The summed E-state index contributed by atoms with van der Waals surface area (Å²) in [6, 6.07) is 10.1. The van der Waals surface area contributed by atoms with Gasteiger partial charge in [-0.3, -0.25) is 0 Å². The second kappa shape index (κ2) is 6.76. The zero-order valence-corrected chi connectivity index (χ0v) is 11.9. The Morgan fingerprint density at radius 2 is 2.25 bits per heavy atom. The van der Waals surface area contributed by atoms with Crippen LogP contribution in [0.25, 0.3) is 0 Å². The van der Waals surface area contributed by atoms with Crippen molar-refractivity contribution < 1.29 is 9.26 Å². The first-order chi connectivity index (χ1) is 9.90. The molecule has 1 saturated heterocycles. The summed E-state index contributed by atoms with van der Waals surface area (Å²) in [6.45, 7) is 1.38. The molecule has 1 fully saturated rings. The van der Waals surface area contributed by atoms with Gasteiger partial charge in [-0.25, -0.2) is 0 Å². The zero-order valence-electron chi connectivity index (χ0n) is 11.1. The maximum atomic E-state index is 5.59. The molecule has 2 aromatic rings. The third kappa shape index (κ3) is 3.74. The van der Waals surface area contributed by atoms with Gasteiger partial charge in [-0.1, -0.05) is 23.4 Å². The molecule has 1 atom stereocenters. The van der Waals surface area contributed by atoms with Crippen LogP contribution in [0.1, 0.15) is 11.7 Å². The minimum atomic E-state index is 0.334. The molecule has 1 aliphatic rings. The van der Waals surface area contributed by atoms with Gasteiger partial charge >= 0.3 is 0 Å². The highest BCUT2D eigenvalue weighted by Gasteiger charge is 2.17. The lowest BCUT2D eigenvalue weighted by Gasteiger charge is -2.21.